The molecule has 0 saturated carbocycles. The molecular formula is C24H29NO4S. The molecule has 0 spiro atoms. The second-order valence-electron chi connectivity index (χ2n) is 7.86. The van der Waals surface area contributed by atoms with Crippen molar-refractivity contribution >= 4 is 15.7 Å². The molecule has 0 aromatic heterocycles. The Hall–Kier alpha value is -2.41. The van der Waals surface area contributed by atoms with Crippen LogP contribution in [0.3, 0.4) is 0 Å². The number of benzene rings is 2. The molecule has 160 valence electrons. The first-order valence-electron chi connectivity index (χ1n) is 9.91. The van der Waals surface area contributed by atoms with Gasteiger partial charge in [0.05, 0.1) is 12.0 Å². The zero-order valence-electron chi connectivity index (χ0n) is 18.0. The highest BCUT2D eigenvalue weighted by Gasteiger charge is 2.30. The molecule has 1 aliphatic rings. The topological polar surface area (TPSA) is 55.8 Å². The highest BCUT2D eigenvalue weighted by Crippen LogP contribution is 2.36. The van der Waals surface area contributed by atoms with Crippen molar-refractivity contribution in [3.05, 3.63) is 77.4 Å². The largest absolute Gasteiger partial charge is 0.497 e. The van der Waals surface area contributed by atoms with Crippen molar-refractivity contribution in [1.29, 1.82) is 0 Å². The lowest BCUT2D eigenvalue weighted by atomic mass is 9.86. The van der Waals surface area contributed by atoms with Crippen molar-refractivity contribution in [2.75, 3.05) is 27.7 Å². The standard InChI is InChI=1S/C24H29NO4S/c1-17-9-12-21(13-10-17)30(26,27)29-24(18(2)16-25(3)4)23-8-6-7-19-15-20(28-5)11-14-22(19)23/h8-15,24H,2,6-7,16H2,1,3-5H3. The van der Waals surface area contributed by atoms with Gasteiger partial charge in [-0.05, 0) is 80.4 Å². The normalized spacial score (nSPS) is 14.8. The lowest BCUT2D eigenvalue weighted by molar-refractivity contribution is 0.281. The summed E-state index contributed by atoms with van der Waals surface area (Å²) in [5, 5.41) is 0. The van der Waals surface area contributed by atoms with Crippen molar-refractivity contribution in [2.24, 2.45) is 0 Å². The van der Waals surface area contributed by atoms with Gasteiger partial charge in [-0.3, -0.25) is 4.18 Å². The lowest BCUT2D eigenvalue weighted by Crippen LogP contribution is -2.29. The molecule has 0 amide bonds. The van der Waals surface area contributed by atoms with Crippen LogP contribution in [0.2, 0.25) is 0 Å². The predicted octanol–water partition coefficient (Wildman–Crippen LogP) is 4.23. The molecule has 6 heteroatoms. The molecule has 0 N–H and O–H groups in total. The first-order chi connectivity index (χ1) is 14.2. The van der Waals surface area contributed by atoms with E-state index in [2.05, 4.69) is 12.7 Å². The summed E-state index contributed by atoms with van der Waals surface area (Å²) in [5.74, 6) is 0.784. The monoisotopic (exact) mass is 427 g/mol. The smallest absolute Gasteiger partial charge is 0.297 e. The summed E-state index contributed by atoms with van der Waals surface area (Å²) >= 11 is 0. The van der Waals surface area contributed by atoms with Crippen LogP contribution in [0.15, 0.2) is 65.6 Å². The van der Waals surface area contributed by atoms with E-state index in [0.717, 1.165) is 40.9 Å². The van der Waals surface area contributed by atoms with Gasteiger partial charge in [0, 0.05) is 6.54 Å². The van der Waals surface area contributed by atoms with Crippen molar-refractivity contribution in [3.8, 4) is 5.75 Å². The maximum absolute atomic E-state index is 13.1. The number of nitrogens with zero attached hydrogens (tertiary/aromatic N) is 1. The van der Waals surface area contributed by atoms with E-state index in [4.69, 9.17) is 8.92 Å². The van der Waals surface area contributed by atoms with Gasteiger partial charge in [-0.25, -0.2) is 0 Å². The van der Waals surface area contributed by atoms with E-state index in [0.29, 0.717) is 12.1 Å². The molecular weight excluding hydrogens is 398 g/mol. The number of methoxy groups -OCH3 is 1. The number of hydrogen-bond acceptors (Lipinski definition) is 5. The lowest BCUT2D eigenvalue weighted by Gasteiger charge is -2.28. The summed E-state index contributed by atoms with van der Waals surface area (Å²) in [6, 6.07) is 12.5. The van der Waals surface area contributed by atoms with E-state index < -0.39 is 16.2 Å². The first kappa shape index (κ1) is 22.3. The summed E-state index contributed by atoms with van der Waals surface area (Å²) in [4.78, 5) is 2.09. The van der Waals surface area contributed by atoms with Crippen molar-refractivity contribution in [2.45, 2.75) is 30.8 Å². The molecule has 1 unspecified atom stereocenters. The van der Waals surface area contributed by atoms with E-state index in [-0.39, 0.29) is 4.90 Å². The van der Waals surface area contributed by atoms with Gasteiger partial charge < -0.3 is 9.64 Å². The average molecular weight is 428 g/mol. The van der Waals surface area contributed by atoms with Crippen LogP contribution in [0.25, 0.3) is 5.57 Å². The van der Waals surface area contributed by atoms with Crippen LogP contribution in [-0.4, -0.2) is 47.2 Å². The average Bonchev–Trinajstić information content (AvgIpc) is 2.71. The highest BCUT2D eigenvalue weighted by atomic mass is 32.2. The number of allylic oxidation sites excluding steroid dienone is 1. The van der Waals surface area contributed by atoms with Crippen LogP contribution in [0.4, 0.5) is 0 Å². The Kier molecular flexibility index (Phi) is 6.81. The number of hydrogen-bond donors (Lipinski definition) is 0. The Balaban J connectivity index is 2.01. The van der Waals surface area contributed by atoms with Gasteiger partial charge >= 0.3 is 0 Å². The molecule has 0 bridgehead atoms. The Morgan fingerprint density at radius 2 is 1.87 bits per heavy atom. The highest BCUT2D eigenvalue weighted by molar-refractivity contribution is 7.86. The van der Waals surface area contributed by atoms with Crippen molar-refractivity contribution in [3.63, 3.8) is 0 Å². The third kappa shape index (κ3) is 5.01. The number of rotatable bonds is 8. The Labute approximate surface area is 179 Å². The van der Waals surface area contributed by atoms with Gasteiger partial charge in [-0.1, -0.05) is 36.4 Å². The quantitative estimate of drug-likeness (QED) is 0.466. The van der Waals surface area contributed by atoms with Gasteiger partial charge in [0.2, 0.25) is 0 Å². The predicted molar refractivity (Wildman–Crippen MR) is 120 cm³/mol. The molecule has 0 heterocycles. The molecule has 2 aromatic rings. The summed E-state index contributed by atoms with van der Waals surface area (Å²) < 4.78 is 37.3. The van der Waals surface area contributed by atoms with Gasteiger partial charge in [0.1, 0.15) is 11.9 Å². The number of likely N-dealkylation sites (N-methyl/N-ethyl adjacent to an activating group) is 1. The molecule has 30 heavy (non-hydrogen) atoms. The third-order valence-electron chi connectivity index (χ3n) is 5.11. The van der Waals surface area contributed by atoms with E-state index in [1.807, 2.05) is 44.1 Å². The number of aryl methyl sites for hydroxylation is 2. The van der Waals surface area contributed by atoms with Crippen LogP contribution in [0.1, 0.15) is 23.1 Å². The van der Waals surface area contributed by atoms with E-state index in [1.165, 1.54) is 0 Å². The minimum absolute atomic E-state index is 0.141. The first-order valence-corrected chi connectivity index (χ1v) is 11.3. The molecule has 1 atom stereocenters. The third-order valence-corrected chi connectivity index (χ3v) is 6.40. The molecule has 3 rings (SSSR count). The number of ether oxygens (including phenoxy) is 1. The summed E-state index contributed by atoms with van der Waals surface area (Å²) in [6.45, 7) is 6.60. The van der Waals surface area contributed by atoms with Gasteiger partial charge in [-0.2, -0.15) is 8.42 Å². The number of fused-ring (bicyclic) bond motifs is 1. The fraction of sp³-hybridized carbons (Fsp3) is 0.333. The van der Waals surface area contributed by atoms with Crippen LogP contribution in [-0.2, 0) is 20.7 Å². The van der Waals surface area contributed by atoms with Crippen LogP contribution in [0, 0.1) is 6.92 Å². The Morgan fingerprint density at radius 3 is 2.50 bits per heavy atom. The van der Waals surface area contributed by atoms with Crippen LogP contribution >= 0.6 is 0 Å². The summed E-state index contributed by atoms with van der Waals surface area (Å²) in [6.07, 6.45) is 2.96. The Bertz CT molecular complexity index is 1050. The van der Waals surface area contributed by atoms with Gasteiger partial charge in [0.15, 0.2) is 0 Å². The van der Waals surface area contributed by atoms with Gasteiger partial charge in [0.25, 0.3) is 10.1 Å². The SMILES string of the molecule is C=C(CN(C)C)C(OS(=O)(=O)c1ccc(C)cc1)C1=CCCc2cc(OC)ccc21. The van der Waals surface area contributed by atoms with Gasteiger partial charge in [-0.15, -0.1) is 0 Å². The Morgan fingerprint density at radius 1 is 1.17 bits per heavy atom. The molecule has 1 aliphatic carbocycles. The van der Waals surface area contributed by atoms with E-state index in [1.54, 1.807) is 31.4 Å². The second kappa shape index (κ2) is 9.16. The molecule has 0 aliphatic heterocycles. The van der Waals surface area contributed by atoms with Crippen LogP contribution < -0.4 is 4.74 Å². The molecule has 0 saturated heterocycles. The summed E-state index contributed by atoms with van der Waals surface area (Å²) in [5.41, 5.74) is 4.60. The summed E-state index contributed by atoms with van der Waals surface area (Å²) in [7, 11) is 1.52. The van der Waals surface area contributed by atoms with Crippen molar-refractivity contribution < 1.29 is 17.3 Å². The van der Waals surface area contributed by atoms with Crippen LogP contribution in [0.5, 0.6) is 5.75 Å². The zero-order chi connectivity index (χ0) is 21.9. The van der Waals surface area contributed by atoms with E-state index >= 15 is 0 Å². The fourth-order valence-electron chi connectivity index (χ4n) is 3.64. The maximum Gasteiger partial charge on any atom is 0.297 e. The fourth-order valence-corrected chi connectivity index (χ4v) is 4.72. The minimum Gasteiger partial charge on any atom is -0.497 e. The van der Waals surface area contributed by atoms with Crippen molar-refractivity contribution in [1.82, 2.24) is 4.90 Å². The maximum atomic E-state index is 13.1. The molecule has 2 aromatic carbocycles. The minimum atomic E-state index is -3.97. The zero-order valence-corrected chi connectivity index (χ0v) is 18.8. The van der Waals surface area contributed by atoms with E-state index in [9.17, 15) is 8.42 Å². The molecule has 0 fully saturated rings. The second-order valence-corrected chi connectivity index (χ2v) is 9.43. The molecule has 5 nitrogen and oxygen atoms in total. The molecule has 0 radical (unpaired) electrons.